The lowest BCUT2D eigenvalue weighted by atomic mass is 9.88. The van der Waals surface area contributed by atoms with Crippen molar-refractivity contribution in [3.05, 3.63) is 53.3 Å². The van der Waals surface area contributed by atoms with Crippen molar-refractivity contribution in [2.24, 2.45) is 0 Å². The summed E-state index contributed by atoms with van der Waals surface area (Å²) < 4.78 is 18.7. The molecule has 2 aromatic rings. The fourth-order valence-corrected chi connectivity index (χ4v) is 5.57. The molecule has 164 valence electrons. The Labute approximate surface area is 183 Å². The highest BCUT2D eigenvalue weighted by molar-refractivity contribution is 5.96. The summed E-state index contributed by atoms with van der Waals surface area (Å²) in [7, 11) is 3.91. The van der Waals surface area contributed by atoms with Crippen LogP contribution in [0, 0.1) is 5.82 Å². The SMILES string of the molecule is COc1cc2c3c(c1)N(C)CCN3[C@@H]1CCN(CCCC(=O)c3ccc(F)cc3)C[C@@H]21. The molecular formula is C25H30FN3O2. The zero-order chi connectivity index (χ0) is 21.5. The Morgan fingerprint density at radius 3 is 2.74 bits per heavy atom. The molecule has 0 aromatic heterocycles. The molecule has 1 fully saturated rings. The minimum absolute atomic E-state index is 0.0931. The smallest absolute Gasteiger partial charge is 0.162 e. The van der Waals surface area contributed by atoms with E-state index in [0.717, 1.165) is 51.3 Å². The van der Waals surface area contributed by atoms with Gasteiger partial charge in [-0.15, -0.1) is 0 Å². The van der Waals surface area contributed by atoms with Crippen LogP contribution in [0.5, 0.6) is 5.75 Å². The van der Waals surface area contributed by atoms with Crippen LogP contribution < -0.4 is 14.5 Å². The molecule has 0 radical (unpaired) electrons. The Kier molecular flexibility index (Phi) is 5.34. The summed E-state index contributed by atoms with van der Waals surface area (Å²) in [5, 5.41) is 0. The van der Waals surface area contributed by atoms with E-state index in [4.69, 9.17) is 4.74 Å². The van der Waals surface area contributed by atoms with Gasteiger partial charge in [0, 0.05) is 63.2 Å². The maximum atomic E-state index is 13.1. The number of carbonyl (C=O) groups is 1. The van der Waals surface area contributed by atoms with Crippen molar-refractivity contribution in [3.8, 4) is 5.75 Å². The second-order valence-corrected chi connectivity index (χ2v) is 9.00. The summed E-state index contributed by atoms with van der Waals surface area (Å²) >= 11 is 0. The number of halogens is 1. The summed E-state index contributed by atoms with van der Waals surface area (Å²) in [5.41, 5.74) is 4.70. The first kappa shape index (κ1) is 20.3. The molecule has 5 rings (SSSR count). The zero-order valence-corrected chi connectivity index (χ0v) is 18.3. The van der Waals surface area contributed by atoms with Crippen LogP contribution in [0.2, 0.25) is 0 Å². The Morgan fingerprint density at radius 2 is 1.97 bits per heavy atom. The van der Waals surface area contributed by atoms with Crippen LogP contribution >= 0.6 is 0 Å². The number of ketones is 1. The maximum Gasteiger partial charge on any atom is 0.162 e. The first-order valence-electron chi connectivity index (χ1n) is 11.3. The number of ether oxygens (including phenoxy) is 1. The monoisotopic (exact) mass is 423 g/mol. The number of nitrogens with zero attached hydrogens (tertiary/aromatic N) is 3. The van der Waals surface area contributed by atoms with E-state index < -0.39 is 0 Å². The normalized spacial score (nSPS) is 22.3. The van der Waals surface area contributed by atoms with Crippen molar-refractivity contribution in [2.75, 3.05) is 56.7 Å². The quantitative estimate of drug-likeness (QED) is 0.658. The van der Waals surface area contributed by atoms with E-state index in [1.165, 1.54) is 29.1 Å². The van der Waals surface area contributed by atoms with E-state index in [2.05, 4.69) is 33.9 Å². The Hall–Kier alpha value is -2.60. The van der Waals surface area contributed by atoms with E-state index in [9.17, 15) is 9.18 Å². The molecule has 6 heteroatoms. The highest BCUT2D eigenvalue weighted by atomic mass is 19.1. The average molecular weight is 424 g/mol. The first-order chi connectivity index (χ1) is 15.0. The number of benzene rings is 2. The fourth-order valence-electron chi connectivity index (χ4n) is 5.57. The topological polar surface area (TPSA) is 36.0 Å². The van der Waals surface area contributed by atoms with Gasteiger partial charge in [0.2, 0.25) is 0 Å². The number of Topliss-reactive ketones (excluding diaryl/α,β-unsaturated/α-hetero) is 1. The number of rotatable bonds is 6. The number of hydrogen-bond donors (Lipinski definition) is 0. The van der Waals surface area contributed by atoms with Gasteiger partial charge in [-0.1, -0.05) is 0 Å². The Morgan fingerprint density at radius 1 is 1.16 bits per heavy atom. The predicted molar refractivity (Wildman–Crippen MR) is 121 cm³/mol. The number of anilines is 2. The van der Waals surface area contributed by atoms with Gasteiger partial charge in [-0.05, 0) is 55.3 Å². The molecule has 0 bridgehead atoms. The maximum absolute atomic E-state index is 13.1. The van der Waals surface area contributed by atoms with Crippen molar-refractivity contribution >= 4 is 17.2 Å². The minimum Gasteiger partial charge on any atom is -0.497 e. The second-order valence-electron chi connectivity index (χ2n) is 9.00. The number of fused-ring (bicyclic) bond motifs is 3. The second kappa shape index (κ2) is 8.15. The lowest BCUT2D eigenvalue weighted by Gasteiger charge is -2.41. The van der Waals surface area contributed by atoms with Crippen LogP contribution in [0.15, 0.2) is 36.4 Å². The molecule has 1 saturated heterocycles. The summed E-state index contributed by atoms with van der Waals surface area (Å²) in [4.78, 5) is 19.9. The van der Waals surface area contributed by atoms with Gasteiger partial charge in [-0.25, -0.2) is 4.39 Å². The Bertz CT molecular complexity index is 977. The summed E-state index contributed by atoms with van der Waals surface area (Å²) in [6.45, 7) is 5.13. The van der Waals surface area contributed by atoms with Gasteiger partial charge in [0.05, 0.1) is 18.5 Å². The highest BCUT2D eigenvalue weighted by Gasteiger charge is 2.45. The fraction of sp³-hybridized carbons (Fsp3) is 0.480. The molecule has 31 heavy (non-hydrogen) atoms. The lowest BCUT2D eigenvalue weighted by Crippen LogP contribution is -2.49. The van der Waals surface area contributed by atoms with E-state index in [0.29, 0.717) is 23.9 Å². The summed E-state index contributed by atoms with van der Waals surface area (Å²) in [5.74, 6) is 1.21. The van der Waals surface area contributed by atoms with E-state index >= 15 is 0 Å². The number of methoxy groups -OCH3 is 1. The zero-order valence-electron chi connectivity index (χ0n) is 18.3. The van der Waals surface area contributed by atoms with Crippen LogP contribution in [-0.2, 0) is 0 Å². The largest absolute Gasteiger partial charge is 0.497 e. The van der Waals surface area contributed by atoms with Crippen molar-refractivity contribution < 1.29 is 13.9 Å². The molecular weight excluding hydrogens is 393 g/mol. The van der Waals surface area contributed by atoms with E-state index in [-0.39, 0.29) is 11.6 Å². The van der Waals surface area contributed by atoms with E-state index in [1.807, 2.05) is 0 Å². The van der Waals surface area contributed by atoms with Crippen molar-refractivity contribution in [2.45, 2.75) is 31.2 Å². The number of carbonyl (C=O) groups excluding carboxylic acids is 1. The lowest BCUT2D eigenvalue weighted by molar-refractivity contribution is 0.0971. The minimum atomic E-state index is -0.305. The van der Waals surface area contributed by atoms with Crippen molar-refractivity contribution in [1.29, 1.82) is 0 Å². The van der Waals surface area contributed by atoms with Crippen LogP contribution in [0.1, 0.15) is 41.1 Å². The molecule has 0 aliphatic carbocycles. The van der Waals surface area contributed by atoms with Crippen LogP contribution in [0.3, 0.4) is 0 Å². The molecule has 2 aromatic carbocycles. The molecule has 2 atom stereocenters. The standard InChI is InChI=1S/C25H30FN3O2/c1-27-12-13-29-22-9-11-28(10-3-4-24(30)17-5-7-18(26)8-6-17)16-21(22)20-14-19(31-2)15-23(27)25(20)29/h5-8,14-15,21-22H,3-4,9-13,16H2,1-2H3/t21-,22+/m0/s1. The van der Waals surface area contributed by atoms with Gasteiger partial charge < -0.3 is 19.4 Å². The molecule has 0 unspecified atom stereocenters. The third-order valence-corrected chi connectivity index (χ3v) is 7.21. The van der Waals surface area contributed by atoms with Gasteiger partial charge in [-0.3, -0.25) is 4.79 Å². The van der Waals surface area contributed by atoms with Crippen molar-refractivity contribution in [1.82, 2.24) is 4.90 Å². The molecule has 0 spiro atoms. The molecule has 5 nitrogen and oxygen atoms in total. The number of likely N-dealkylation sites (tertiary alicyclic amines) is 1. The summed E-state index contributed by atoms with van der Waals surface area (Å²) in [6.07, 6.45) is 2.48. The number of likely N-dealkylation sites (N-methyl/N-ethyl adjacent to an activating group) is 1. The summed E-state index contributed by atoms with van der Waals surface area (Å²) in [6, 6.07) is 10.8. The van der Waals surface area contributed by atoms with Crippen molar-refractivity contribution in [3.63, 3.8) is 0 Å². The molecule has 3 aliphatic heterocycles. The van der Waals surface area contributed by atoms with E-state index in [1.54, 1.807) is 19.2 Å². The predicted octanol–water partition coefficient (Wildman–Crippen LogP) is 3.93. The van der Waals surface area contributed by atoms with Gasteiger partial charge in [-0.2, -0.15) is 0 Å². The van der Waals surface area contributed by atoms with Gasteiger partial charge in [0.25, 0.3) is 0 Å². The Balaban J connectivity index is 1.26. The third-order valence-electron chi connectivity index (χ3n) is 7.21. The molecule has 0 saturated carbocycles. The van der Waals surface area contributed by atoms with Crippen LogP contribution in [0.4, 0.5) is 15.8 Å². The molecule has 0 amide bonds. The van der Waals surface area contributed by atoms with Crippen LogP contribution in [0.25, 0.3) is 0 Å². The highest BCUT2D eigenvalue weighted by Crippen LogP contribution is 2.52. The number of piperidine rings is 1. The van der Waals surface area contributed by atoms with Gasteiger partial charge >= 0.3 is 0 Å². The molecule has 0 N–H and O–H groups in total. The average Bonchev–Trinajstić information content (AvgIpc) is 3.10. The molecule has 3 heterocycles. The number of hydrogen-bond acceptors (Lipinski definition) is 5. The molecule has 3 aliphatic rings. The first-order valence-corrected chi connectivity index (χ1v) is 11.3. The van der Waals surface area contributed by atoms with Gasteiger partial charge in [0.15, 0.2) is 5.78 Å². The van der Waals surface area contributed by atoms with Crippen LogP contribution in [-0.4, -0.2) is 63.6 Å². The third kappa shape index (κ3) is 3.67. The van der Waals surface area contributed by atoms with Gasteiger partial charge in [0.1, 0.15) is 11.6 Å².